The summed E-state index contributed by atoms with van der Waals surface area (Å²) in [4.78, 5) is 0. The smallest absolute Gasteiger partial charge is 0.319 e. The summed E-state index contributed by atoms with van der Waals surface area (Å²) < 4.78 is 0. The number of hydrogen-bond acceptors (Lipinski definition) is 5. The first kappa shape index (κ1) is 7.06. The third kappa shape index (κ3) is 1.67. The summed E-state index contributed by atoms with van der Waals surface area (Å²) in [7, 11) is 0. The quantitative estimate of drug-likeness (QED) is 0.230. The van der Waals surface area contributed by atoms with Gasteiger partial charge < -0.3 is 25.5 Å². The van der Waals surface area contributed by atoms with Gasteiger partial charge in [-0.25, -0.2) is 0 Å². The van der Waals surface area contributed by atoms with Crippen LogP contribution in [0.3, 0.4) is 0 Å². The van der Waals surface area contributed by atoms with E-state index in [1.165, 1.54) is 0 Å². The van der Waals surface area contributed by atoms with Crippen LogP contribution in [0.4, 0.5) is 0 Å². The van der Waals surface area contributed by atoms with Crippen molar-refractivity contribution in [1.29, 1.82) is 0 Å². The standard InChI is InChI=1S/C3H6O5/c4-1(2(5)6)3(7)8/h2,4-8H. The van der Waals surface area contributed by atoms with Crippen LogP contribution in [-0.4, -0.2) is 31.8 Å². The molecule has 0 spiro atoms. The summed E-state index contributed by atoms with van der Waals surface area (Å²) in [6.45, 7) is 0. The van der Waals surface area contributed by atoms with Gasteiger partial charge in [-0.05, 0) is 0 Å². The Labute approximate surface area is 44.8 Å². The summed E-state index contributed by atoms with van der Waals surface area (Å²) >= 11 is 0. The average molecular weight is 122 g/mol. The number of rotatable bonds is 1. The summed E-state index contributed by atoms with van der Waals surface area (Å²) in [5, 5.41) is 39.6. The Morgan fingerprint density at radius 2 is 1.38 bits per heavy atom. The van der Waals surface area contributed by atoms with Crippen LogP contribution >= 0.6 is 0 Å². The van der Waals surface area contributed by atoms with Gasteiger partial charge in [0.05, 0.1) is 0 Å². The fourth-order valence-electron chi connectivity index (χ4n) is 0.115. The molecule has 0 aliphatic heterocycles. The molecule has 0 bridgehead atoms. The van der Waals surface area contributed by atoms with Crippen molar-refractivity contribution in [1.82, 2.24) is 0 Å². The first-order chi connectivity index (χ1) is 3.55. The lowest BCUT2D eigenvalue weighted by atomic mass is 10.5. The van der Waals surface area contributed by atoms with E-state index in [0.717, 1.165) is 0 Å². The topological polar surface area (TPSA) is 101 Å². The highest BCUT2D eigenvalue weighted by atomic mass is 16.5. The minimum absolute atomic E-state index is 1.26. The van der Waals surface area contributed by atoms with Crippen molar-refractivity contribution >= 4 is 0 Å². The molecule has 0 fully saturated rings. The van der Waals surface area contributed by atoms with Gasteiger partial charge in [0, 0.05) is 0 Å². The van der Waals surface area contributed by atoms with Gasteiger partial charge in [-0.3, -0.25) is 0 Å². The van der Waals surface area contributed by atoms with E-state index in [1.807, 2.05) is 0 Å². The van der Waals surface area contributed by atoms with Crippen molar-refractivity contribution < 1.29 is 25.5 Å². The van der Waals surface area contributed by atoms with Gasteiger partial charge in [0.25, 0.3) is 0 Å². The Morgan fingerprint density at radius 1 is 1.00 bits per heavy atom. The molecule has 0 atom stereocenters. The molecule has 48 valence electrons. The molecule has 0 amide bonds. The van der Waals surface area contributed by atoms with Gasteiger partial charge in [-0.2, -0.15) is 0 Å². The summed E-state index contributed by atoms with van der Waals surface area (Å²) in [6.07, 6.45) is -2.22. The van der Waals surface area contributed by atoms with Crippen LogP contribution in [0.15, 0.2) is 11.7 Å². The summed E-state index contributed by atoms with van der Waals surface area (Å²) in [5.41, 5.74) is 0. The molecule has 0 radical (unpaired) electrons. The van der Waals surface area contributed by atoms with E-state index >= 15 is 0 Å². The highest BCUT2D eigenvalue weighted by molar-refractivity contribution is 4.91. The summed E-state index contributed by atoms with van der Waals surface area (Å²) in [5.74, 6) is -2.75. The maximum Gasteiger partial charge on any atom is 0.319 e. The molecule has 0 aromatic carbocycles. The largest absolute Gasteiger partial charge is 0.502 e. The molecule has 5 N–H and O–H groups in total. The van der Waals surface area contributed by atoms with E-state index in [0.29, 0.717) is 0 Å². The van der Waals surface area contributed by atoms with Crippen molar-refractivity contribution in [3.8, 4) is 0 Å². The molecule has 8 heavy (non-hydrogen) atoms. The molecule has 0 saturated heterocycles. The van der Waals surface area contributed by atoms with E-state index in [-0.39, 0.29) is 0 Å². The molecule has 0 aliphatic carbocycles. The van der Waals surface area contributed by atoms with E-state index in [2.05, 4.69) is 0 Å². The van der Waals surface area contributed by atoms with Crippen LogP contribution in [0.1, 0.15) is 0 Å². The molecule has 5 nitrogen and oxygen atoms in total. The average Bonchev–Trinajstić information content (AvgIpc) is 1.64. The minimum Gasteiger partial charge on any atom is -0.502 e. The van der Waals surface area contributed by atoms with Gasteiger partial charge >= 0.3 is 5.95 Å². The lowest BCUT2D eigenvalue weighted by Gasteiger charge is -1.98. The van der Waals surface area contributed by atoms with Crippen LogP contribution in [0.2, 0.25) is 0 Å². The van der Waals surface area contributed by atoms with Crippen LogP contribution in [0, 0.1) is 0 Å². The maximum atomic E-state index is 8.08. The lowest BCUT2D eigenvalue weighted by molar-refractivity contribution is -0.0493. The van der Waals surface area contributed by atoms with Gasteiger partial charge in [0.2, 0.25) is 12.0 Å². The minimum atomic E-state index is -2.22. The molecule has 0 aliphatic rings. The Kier molecular flexibility index (Phi) is 2.11. The van der Waals surface area contributed by atoms with Crippen molar-refractivity contribution in [2.24, 2.45) is 0 Å². The number of hydrogen-bond donors (Lipinski definition) is 5. The predicted molar refractivity (Wildman–Crippen MR) is 23.1 cm³/mol. The van der Waals surface area contributed by atoms with Crippen molar-refractivity contribution in [2.45, 2.75) is 6.29 Å². The van der Waals surface area contributed by atoms with Gasteiger partial charge in [0.1, 0.15) is 0 Å². The predicted octanol–water partition coefficient (Wildman–Crippen LogP) is -0.860. The zero-order valence-electron chi connectivity index (χ0n) is 3.81. The second-order valence-corrected chi connectivity index (χ2v) is 1.08. The van der Waals surface area contributed by atoms with Crippen LogP contribution in [-0.2, 0) is 0 Å². The molecule has 0 unspecified atom stereocenters. The third-order valence-electron chi connectivity index (χ3n) is 0.474. The second kappa shape index (κ2) is 2.39. The third-order valence-corrected chi connectivity index (χ3v) is 0.474. The second-order valence-electron chi connectivity index (χ2n) is 1.08. The van der Waals surface area contributed by atoms with E-state index in [1.54, 1.807) is 0 Å². The fraction of sp³-hybridized carbons (Fsp3) is 0.333. The van der Waals surface area contributed by atoms with E-state index in [4.69, 9.17) is 25.5 Å². The van der Waals surface area contributed by atoms with Crippen molar-refractivity contribution in [3.63, 3.8) is 0 Å². The summed E-state index contributed by atoms with van der Waals surface area (Å²) in [6, 6.07) is 0. The first-order valence-electron chi connectivity index (χ1n) is 1.73. The lowest BCUT2D eigenvalue weighted by Crippen LogP contribution is -2.10. The molecule has 5 heteroatoms. The zero-order valence-corrected chi connectivity index (χ0v) is 3.81. The highest BCUT2D eigenvalue weighted by Crippen LogP contribution is 1.95. The Morgan fingerprint density at radius 3 is 1.38 bits per heavy atom. The molecular formula is C3H6O5. The molecule has 0 heterocycles. The van der Waals surface area contributed by atoms with Crippen molar-refractivity contribution in [2.75, 3.05) is 0 Å². The molecule has 0 aromatic heterocycles. The van der Waals surface area contributed by atoms with E-state index in [9.17, 15) is 0 Å². The maximum absolute atomic E-state index is 8.08. The molecule has 0 aromatic rings. The number of aliphatic hydroxyl groups is 5. The fourth-order valence-corrected chi connectivity index (χ4v) is 0.115. The Bertz CT molecular complexity index is 100. The van der Waals surface area contributed by atoms with E-state index < -0.39 is 18.0 Å². The molecule has 0 saturated carbocycles. The Hall–Kier alpha value is -0.940. The van der Waals surface area contributed by atoms with Crippen molar-refractivity contribution in [3.05, 3.63) is 11.7 Å². The van der Waals surface area contributed by atoms with Crippen LogP contribution in [0.5, 0.6) is 0 Å². The van der Waals surface area contributed by atoms with Gasteiger partial charge in [-0.15, -0.1) is 0 Å². The normalized spacial score (nSPS) is 9.38. The molecular weight excluding hydrogens is 116 g/mol. The van der Waals surface area contributed by atoms with Gasteiger partial charge in [0.15, 0.2) is 0 Å². The van der Waals surface area contributed by atoms with Crippen LogP contribution < -0.4 is 0 Å². The first-order valence-corrected chi connectivity index (χ1v) is 1.73. The monoisotopic (exact) mass is 122 g/mol. The molecule has 0 rings (SSSR count). The van der Waals surface area contributed by atoms with Gasteiger partial charge in [-0.1, -0.05) is 0 Å². The Balaban J connectivity index is 4.00. The SMILES string of the molecule is OC(O)=C(O)C(O)O. The van der Waals surface area contributed by atoms with Crippen LogP contribution in [0.25, 0.3) is 0 Å². The number of aliphatic hydroxyl groups excluding tert-OH is 3. The highest BCUT2D eigenvalue weighted by Gasteiger charge is 2.09. The zero-order chi connectivity index (χ0) is 6.73.